The summed E-state index contributed by atoms with van der Waals surface area (Å²) < 4.78 is 31.9. The van der Waals surface area contributed by atoms with Crippen LogP contribution in [-0.2, 0) is 14.8 Å². The van der Waals surface area contributed by atoms with Gasteiger partial charge in [0.25, 0.3) is 5.69 Å². The minimum atomic E-state index is -3.84. The van der Waals surface area contributed by atoms with Crippen molar-refractivity contribution in [3.05, 3.63) is 58.6 Å². The lowest BCUT2D eigenvalue weighted by Gasteiger charge is -2.33. The second kappa shape index (κ2) is 9.20. The topological polar surface area (TPSA) is 122 Å². The highest BCUT2D eigenvalue weighted by molar-refractivity contribution is 7.89. The summed E-state index contributed by atoms with van der Waals surface area (Å²) in [5, 5.41) is 13.7. The van der Waals surface area contributed by atoms with Gasteiger partial charge in [0.2, 0.25) is 15.9 Å². The fourth-order valence-corrected chi connectivity index (χ4v) is 4.57. The Morgan fingerprint density at radius 1 is 1.13 bits per heavy atom. The molecule has 0 atom stereocenters. The third-order valence-corrected chi connectivity index (χ3v) is 6.63. The SMILES string of the molecule is COc1ccc(NC(=O)CN2CCN(S(=O)(=O)c3cccc([N+](=O)[O-])c3)CC2)cc1. The number of rotatable bonds is 7. The van der Waals surface area contributed by atoms with Crippen LogP contribution >= 0.6 is 0 Å². The van der Waals surface area contributed by atoms with Gasteiger partial charge in [0.05, 0.1) is 23.5 Å². The highest BCUT2D eigenvalue weighted by atomic mass is 32.2. The van der Waals surface area contributed by atoms with Gasteiger partial charge in [-0.15, -0.1) is 0 Å². The highest BCUT2D eigenvalue weighted by Gasteiger charge is 2.30. The molecule has 2 aromatic rings. The molecule has 11 heteroatoms. The molecule has 160 valence electrons. The maximum atomic E-state index is 12.8. The largest absolute Gasteiger partial charge is 0.497 e. The number of hydrogen-bond acceptors (Lipinski definition) is 7. The molecule has 0 unspecified atom stereocenters. The summed E-state index contributed by atoms with van der Waals surface area (Å²) in [5.41, 5.74) is 0.373. The normalized spacial score (nSPS) is 15.5. The van der Waals surface area contributed by atoms with Crippen LogP contribution in [0.4, 0.5) is 11.4 Å². The third-order valence-electron chi connectivity index (χ3n) is 4.74. The first kappa shape index (κ1) is 21.7. The van der Waals surface area contributed by atoms with E-state index in [-0.39, 0.29) is 36.1 Å². The molecule has 30 heavy (non-hydrogen) atoms. The monoisotopic (exact) mass is 434 g/mol. The van der Waals surface area contributed by atoms with Gasteiger partial charge in [0, 0.05) is 44.0 Å². The molecule has 1 saturated heterocycles. The van der Waals surface area contributed by atoms with Crippen molar-refractivity contribution in [2.75, 3.05) is 45.2 Å². The first-order valence-corrected chi connectivity index (χ1v) is 10.6. The molecule has 2 aromatic carbocycles. The predicted molar refractivity (Wildman–Crippen MR) is 110 cm³/mol. The number of sulfonamides is 1. The van der Waals surface area contributed by atoms with Gasteiger partial charge in [0.15, 0.2) is 0 Å². The standard InChI is InChI=1S/C19H22N4O6S/c1-29-17-7-5-15(6-8-17)20-19(24)14-21-9-11-22(12-10-21)30(27,28)18-4-2-3-16(13-18)23(25)26/h2-8,13H,9-12,14H2,1H3,(H,20,24). The quantitative estimate of drug-likeness (QED) is 0.518. The Morgan fingerprint density at radius 3 is 2.40 bits per heavy atom. The molecule has 3 rings (SSSR count). The summed E-state index contributed by atoms with van der Waals surface area (Å²) >= 11 is 0. The van der Waals surface area contributed by atoms with E-state index in [1.54, 1.807) is 31.4 Å². The number of non-ortho nitro benzene ring substituents is 1. The van der Waals surface area contributed by atoms with Gasteiger partial charge in [-0.2, -0.15) is 4.31 Å². The van der Waals surface area contributed by atoms with Gasteiger partial charge in [-0.25, -0.2) is 8.42 Å². The van der Waals surface area contributed by atoms with Crippen LogP contribution in [0.3, 0.4) is 0 Å². The Bertz CT molecular complexity index is 1020. The molecule has 1 heterocycles. The molecule has 0 radical (unpaired) electrons. The molecular formula is C19H22N4O6S. The third kappa shape index (κ3) is 5.12. The van der Waals surface area contributed by atoms with Crippen molar-refractivity contribution in [2.45, 2.75) is 4.90 Å². The number of hydrogen-bond donors (Lipinski definition) is 1. The van der Waals surface area contributed by atoms with Gasteiger partial charge >= 0.3 is 0 Å². The number of benzene rings is 2. The molecule has 1 fully saturated rings. The summed E-state index contributed by atoms with van der Waals surface area (Å²) in [6.07, 6.45) is 0. The van der Waals surface area contributed by atoms with E-state index in [1.807, 2.05) is 4.90 Å². The van der Waals surface area contributed by atoms with Crippen molar-refractivity contribution in [3.63, 3.8) is 0 Å². The Hall–Kier alpha value is -3.02. The first-order valence-electron chi connectivity index (χ1n) is 9.20. The fraction of sp³-hybridized carbons (Fsp3) is 0.316. The van der Waals surface area contributed by atoms with Crippen molar-refractivity contribution in [3.8, 4) is 5.75 Å². The van der Waals surface area contributed by atoms with E-state index in [9.17, 15) is 23.3 Å². The number of anilines is 1. The van der Waals surface area contributed by atoms with Crippen molar-refractivity contribution >= 4 is 27.3 Å². The lowest BCUT2D eigenvalue weighted by molar-refractivity contribution is -0.385. The Kier molecular flexibility index (Phi) is 6.65. The number of piperazine rings is 1. The maximum Gasteiger partial charge on any atom is 0.270 e. The van der Waals surface area contributed by atoms with E-state index in [0.29, 0.717) is 24.5 Å². The number of amides is 1. The number of carbonyl (C=O) groups is 1. The number of nitro benzene ring substituents is 1. The van der Waals surface area contributed by atoms with Gasteiger partial charge in [-0.1, -0.05) is 6.07 Å². The zero-order valence-electron chi connectivity index (χ0n) is 16.4. The maximum absolute atomic E-state index is 12.8. The molecule has 0 aliphatic carbocycles. The number of ether oxygens (including phenoxy) is 1. The van der Waals surface area contributed by atoms with Crippen LogP contribution in [0.15, 0.2) is 53.4 Å². The Balaban J connectivity index is 1.55. The van der Waals surface area contributed by atoms with Gasteiger partial charge < -0.3 is 10.1 Å². The van der Waals surface area contributed by atoms with E-state index in [2.05, 4.69) is 5.32 Å². The van der Waals surface area contributed by atoms with Crippen molar-refractivity contribution < 1.29 is 22.9 Å². The number of nitrogens with one attached hydrogen (secondary N) is 1. The van der Waals surface area contributed by atoms with Crippen molar-refractivity contribution in [1.82, 2.24) is 9.21 Å². The van der Waals surface area contributed by atoms with Crippen LogP contribution in [0.1, 0.15) is 0 Å². The number of nitro groups is 1. The molecule has 10 nitrogen and oxygen atoms in total. The average molecular weight is 434 g/mol. The number of methoxy groups -OCH3 is 1. The van der Waals surface area contributed by atoms with Crippen molar-refractivity contribution in [1.29, 1.82) is 0 Å². The zero-order valence-corrected chi connectivity index (χ0v) is 17.2. The van der Waals surface area contributed by atoms with Crippen molar-refractivity contribution in [2.24, 2.45) is 0 Å². The fourth-order valence-electron chi connectivity index (χ4n) is 3.11. The summed E-state index contributed by atoms with van der Waals surface area (Å²) in [6, 6.07) is 12.0. The summed E-state index contributed by atoms with van der Waals surface area (Å²) in [7, 11) is -2.27. The molecule has 0 spiro atoms. The molecule has 1 N–H and O–H groups in total. The highest BCUT2D eigenvalue weighted by Crippen LogP contribution is 2.22. The van der Waals surface area contributed by atoms with Crippen LogP contribution in [0, 0.1) is 10.1 Å². The minimum absolute atomic E-state index is 0.109. The van der Waals surface area contributed by atoms with Crippen LogP contribution in [-0.4, -0.2) is 68.3 Å². The molecule has 1 amide bonds. The van der Waals surface area contributed by atoms with Gasteiger partial charge in [0.1, 0.15) is 5.75 Å². The summed E-state index contributed by atoms with van der Waals surface area (Å²) in [6.45, 7) is 1.28. The van der Waals surface area contributed by atoms with E-state index >= 15 is 0 Å². The Labute approximate surface area is 174 Å². The molecule has 0 bridgehead atoms. The second-order valence-electron chi connectivity index (χ2n) is 6.71. The predicted octanol–water partition coefficient (Wildman–Crippen LogP) is 1.55. The van der Waals surface area contributed by atoms with Crippen LogP contribution in [0.2, 0.25) is 0 Å². The molecular weight excluding hydrogens is 412 g/mol. The van der Waals surface area contributed by atoms with E-state index < -0.39 is 14.9 Å². The van der Waals surface area contributed by atoms with E-state index in [4.69, 9.17) is 4.74 Å². The van der Waals surface area contributed by atoms with Crippen LogP contribution in [0.5, 0.6) is 5.75 Å². The summed E-state index contributed by atoms with van der Waals surface area (Å²) in [4.78, 5) is 24.3. The Morgan fingerprint density at radius 2 is 1.80 bits per heavy atom. The number of nitrogens with zero attached hydrogens (tertiary/aromatic N) is 3. The second-order valence-corrected chi connectivity index (χ2v) is 8.65. The van der Waals surface area contributed by atoms with Crippen LogP contribution in [0.25, 0.3) is 0 Å². The van der Waals surface area contributed by atoms with Gasteiger partial charge in [-0.05, 0) is 30.3 Å². The lowest BCUT2D eigenvalue weighted by atomic mass is 10.3. The smallest absolute Gasteiger partial charge is 0.270 e. The minimum Gasteiger partial charge on any atom is -0.497 e. The summed E-state index contributed by atoms with van der Waals surface area (Å²) in [5.74, 6) is 0.490. The average Bonchev–Trinajstić information content (AvgIpc) is 2.74. The van der Waals surface area contributed by atoms with E-state index in [1.165, 1.54) is 22.5 Å². The van der Waals surface area contributed by atoms with Gasteiger partial charge in [-0.3, -0.25) is 19.8 Å². The molecule has 0 aromatic heterocycles. The van der Waals surface area contributed by atoms with Crippen LogP contribution < -0.4 is 10.1 Å². The molecule has 1 aliphatic heterocycles. The molecule has 1 aliphatic rings. The lowest BCUT2D eigenvalue weighted by Crippen LogP contribution is -2.50. The molecule has 0 saturated carbocycles. The van der Waals surface area contributed by atoms with E-state index in [0.717, 1.165) is 6.07 Å². The number of carbonyl (C=O) groups excluding carboxylic acids is 1. The zero-order chi connectivity index (χ0) is 21.7. The first-order chi connectivity index (χ1) is 14.3.